The Bertz CT molecular complexity index is 616. The Morgan fingerprint density at radius 2 is 2.09 bits per heavy atom. The van der Waals surface area contributed by atoms with Gasteiger partial charge in [0.15, 0.2) is 17.1 Å². The van der Waals surface area contributed by atoms with Crippen molar-refractivity contribution in [1.29, 1.82) is 0 Å². The first-order valence-electron chi connectivity index (χ1n) is 7.04. The SMILES string of the molecule is COC1(C(=O)O)CCN(C(=O)c2cccc3c2OCCO3)C1. The highest BCUT2D eigenvalue weighted by atomic mass is 16.6. The molecule has 0 aliphatic carbocycles. The van der Waals surface area contributed by atoms with E-state index in [0.29, 0.717) is 36.8 Å². The number of methoxy groups -OCH3 is 1. The number of hydrogen-bond donors (Lipinski definition) is 1. The molecule has 7 nitrogen and oxygen atoms in total. The van der Waals surface area contributed by atoms with Crippen molar-refractivity contribution in [2.75, 3.05) is 33.4 Å². The topological polar surface area (TPSA) is 85.3 Å². The maximum atomic E-state index is 12.7. The lowest BCUT2D eigenvalue weighted by molar-refractivity contribution is -0.160. The molecule has 1 aromatic rings. The van der Waals surface area contributed by atoms with Crippen molar-refractivity contribution in [3.05, 3.63) is 23.8 Å². The summed E-state index contributed by atoms with van der Waals surface area (Å²) in [5.74, 6) is -0.376. The molecule has 1 amide bonds. The average molecular weight is 307 g/mol. The number of amides is 1. The molecule has 2 aliphatic rings. The van der Waals surface area contributed by atoms with Gasteiger partial charge in [-0.1, -0.05) is 6.07 Å². The van der Waals surface area contributed by atoms with Gasteiger partial charge in [0.2, 0.25) is 0 Å². The highest BCUT2D eigenvalue weighted by Gasteiger charge is 2.47. The van der Waals surface area contributed by atoms with Crippen molar-refractivity contribution < 1.29 is 28.9 Å². The average Bonchev–Trinajstić information content (AvgIpc) is 2.99. The minimum absolute atomic E-state index is 0.0161. The summed E-state index contributed by atoms with van der Waals surface area (Å²) in [7, 11) is 1.35. The van der Waals surface area contributed by atoms with Gasteiger partial charge in [-0.15, -0.1) is 0 Å². The van der Waals surface area contributed by atoms with E-state index in [1.165, 1.54) is 12.0 Å². The Morgan fingerprint density at radius 3 is 2.77 bits per heavy atom. The summed E-state index contributed by atoms with van der Waals surface area (Å²) in [6.45, 7) is 1.17. The Balaban J connectivity index is 1.86. The predicted molar refractivity (Wildman–Crippen MR) is 75.3 cm³/mol. The molecule has 1 aromatic carbocycles. The number of carbonyl (C=O) groups excluding carboxylic acids is 1. The highest BCUT2D eigenvalue weighted by Crippen LogP contribution is 2.35. The number of likely N-dealkylation sites (tertiary alicyclic amines) is 1. The summed E-state index contributed by atoms with van der Waals surface area (Å²) in [6, 6.07) is 5.12. The second kappa shape index (κ2) is 5.49. The second-order valence-corrected chi connectivity index (χ2v) is 5.31. The third-order valence-corrected chi connectivity index (χ3v) is 4.10. The number of para-hydroxylation sites is 1. The molecule has 1 fully saturated rings. The quantitative estimate of drug-likeness (QED) is 0.888. The van der Waals surface area contributed by atoms with Crippen molar-refractivity contribution in [3.63, 3.8) is 0 Å². The lowest BCUT2D eigenvalue weighted by Crippen LogP contribution is -2.44. The van der Waals surface area contributed by atoms with E-state index in [4.69, 9.17) is 14.2 Å². The van der Waals surface area contributed by atoms with E-state index in [1.54, 1.807) is 18.2 Å². The van der Waals surface area contributed by atoms with Crippen LogP contribution in [0.2, 0.25) is 0 Å². The summed E-state index contributed by atoms with van der Waals surface area (Å²) in [5, 5.41) is 9.32. The van der Waals surface area contributed by atoms with Crippen LogP contribution < -0.4 is 9.47 Å². The molecule has 22 heavy (non-hydrogen) atoms. The highest BCUT2D eigenvalue weighted by molar-refractivity contribution is 5.98. The lowest BCUT2D eigenvalue weighted by atomic mass is 10.0. The third-order valence-electron chi connectivity index (χ3n) is 4.10. The van der Waals surface area contributed by atoms with Crippen molar-refractivity contribution in [2.24, 2.45) is 0 Å². The zero-order chi connectivity index (χ0) is 15.7. The number of fused-ring (bicyclic) bond motifs is 1. The number of carbonyl (C=O) groups is 2. The van der Waals surface area contributed by atoms with Gasteiger partial charge in [-0.05, 0) is 12.1 Å². The van der Waals surface area contributed by atoms with Crippen LogP contribution >= 0.6 is 0 Å². The molecule has 0 radical (unpaired) electrons. The second-order valence-electron chi connectivity index (χ2n) is 5.31. The van der Waals surface area contributed by atoms with Gasteiger partial charge in [-0.25, -0.2) is 4.79 Å². The molecular formula is C15H17NO6. The zero-order valence-corrected chi connectivity index (χ0v) is 12.2. The molecule has 118 valence electrons. The van der Waals surface area contributed by atoms with Gasteiger partial charge in [0.25, 0.3) is 5.91 Å². The number of aliphatic carboxylic acids is 1. The molecule has 0 aromatic heterocycles. The molecule has 1 N–H and O–H groups in total. The minimum Gasteiger partial charge on any atom is -0.486 e. The van der Waals surface area contributed by atoms with E-state index < -0.39 is 11.6 Å². The molecule has 7 heteroatoms. The van der Waals surface area contributed by atoms with E-state index in [-0.39, 0.29) is 18.9 Å². The first-order valence-corrected chi connectivity index (χ1v) is 7.04. The molecule has 2 aliphatic heterocycles. The van der Waals surface area contributed by atoms with Crippen LogP contribution in [0.5, 0.6) is 11.5 Å². The molecule has 1 unspecified atom stereocenters. The van der Waals surface area contributed by atoms with Gasteiger partial charge in [0, 0.05) is 20.1 Å². The summed E-state index contributed by atoms with van der Waals surface area (Å²) < 4.78 is 16.1. The molecule has 1 atom stereocenters. The van der Waals surface area contributed by atoms with Crippen LogP contribution in [0, 0.1) is 0 Å². The van der Waals surface area contributed by atoms with E-state index in [2.05, 4.69) is 0 Å². The lowest BCUT2D eigenvalue weighted by Gasteiger charge is -2.25. The number of ether oxygens (including phenoxy) is 3. The monoisotopic (exact) mass is 307 g/mol. The van der Waals surface area contributed by atoms with E-state index in [1.807, 2.05) is 0 Å². The molecular weight excluding hydrogens is 290 g/mol. The number of hydrogen-bond acceptors (Lipinski definition) is 5. The van der Waals surface area contributed by atoms with Gasteiger partial charge < -0.3 is 24.2 Å². The van der Waals surface area contributed by atoms with Crippen LogP contribution in [0.1, 0.15) is 16.8 Å². The molecule has 0 saturated carbocycles. The Morgan fingerprint density at radius 1 is 1.32 bits per heavy atom. The van der Waals surface area contributed by atoms with Crippen molar-refractivity contribution in [3.8, 4) is 11.5 Å². The van der Waals surface area contributed by atoms with E-state index in [9.17, 15) is 14.7 Å². The maximum absolute atomic E-state index is 12.7. The molecule has 1 saturated heterocycles. The van der Waals surface area contributed by atoms with E-state index in [0.717, 1.165) is 0 Å². The number of carboxylic acids is 1. The molecule has 0 bridgehead atoms. The van der Waals surface area contributed by atoms with Crippen LogP contribution in [0.4, 0.5) is 0 Å². The Labute approximate surface area is 127 Å². The van der Waals surface area contributed by atoms with Crippen LogP contribution in [-0.4, -0.2) is 60.9 Å². The van der Waals surface area contributed by atoms with E-state index >= 15 is 0 Å². The van der Waals surface area contributed by atoms with Crippen LogP contribution in [-0.2, 0) is 9.53 Å². The van der Waals surface area contributed by atoms with Crippen molar-refractivity contribution >= 4 is 11.9 Å². The van der Waals surface area contributed by atoms with Crippen molar-refractivity contribution in [1.82, 2.24) is 4.90 Å². The summed E-state index contributed by atoms with van der Waals surface area (Å²) in [6.07, 6.45) is 0.261. The zero-order valence-electron chi connectivity index (χ0n) is 12.2. The first-order chi connectivity index (χ1) is 10.6. The smallest absolute Gasteiger partial charge is 0.337 e. The molecule has 2 heterocycles. The molecule has 3 rings (SSSR count). The Kier molecular flexibility index (Phi) is 3.66. The first kappa shape index (κ1) is 14.6. The normalized spacial score (nSPS) is 23.4. The number of carboxylic acid groups (broad SMARTS) is 1. The third kappa shape index (κ3) is 2.27. The predicted octanol–water partition coefficient (Wildman–Crippen LogP) is 0.773. The summed E-state index contributed by atoms with van der Waals surface area (Å²) in [4.78, 5) is 25.5. The number of nitrogens with zero attached hydrogens (tertiary/aromatic N) is 1. The van der Waals surface area contributed by atoms with Crippen LogP contribution in [0.3, 0.4) is 0 Å². The van der Waals surface area contributed by atoms with Gasteiger partial charge in [-0.3, -0.25) is 4.79 Å². The molecule has 0 spiro atoms. The number of rotatable bonds is 3. The summed E-state index contributed by atoms with van der Waals surface area (Å²) >= 11 is 0. The fourth-order valence-electron chi connectivity index (χ4n) is 2.80. The minimum atomic E-state index is -1.33. The van der Waals surface area contributed by atoms with Crippen LogP contribution in [0.15, 0.2) is 18.2 Å². The van der Waals surface area contributed by atoms with Gasteiger partial charge in [-0.2, -0.15) is 0 Å². The van der Waals surface area contributed by atoms with Crippen LogP contribution in [0.25, 0.3) is 0 Å². The fourth-order valence-corrected chi connectivity index (χ4v) is 2.80. The van der Waals surface area contributed by atoms with Gasteiger partial charge >= 0.3 is 5.97 Å². The summed E-state index contributed by atoms with van der Waals surface area (Å²) in [5.41, 5.74) is -0.948. The fraction of sp³-hybridized carbons (Fsp3) is 0.467. The van der Waals surface area contributed by atoms with Crippen molar-refractivity contribution in [2.45, 2.75) is 12.0 Å². The maximum Gasteiger partial charge on any atom is 0.337 e. The standard InChI is InChI=1S/C15H17NO6/c1-20-15(14(18)19)5-6-16(9-15)13(17)10-3-2-4-11-12(10)22-8-7-21-11/h2-4H,5-9H2,1H3,(H,18,19). The van der Waals surface area contributed by atoms with Gasteiger partial charge in [0.1, 0.15) is 13.2 Å². The van der Waals surface area contributed by atoms with Gasteiger partial charge in [0.05, 0.1) is 12.1 Å². The Hall–Kier alpha value is -2.28. The largest absolute Gasteiger partial charge is 0.486 e. The number of benzene rings is 1.